The zero-order valence-electron chi connectivity index (χ0n) is 20.2. The van der Waals surface area contributed by atoms with Crippen molar-refractivity contribution in [2.45, 2.75) is 51.6 Å². The number of hydrogen-bond acceptors (Lipinski definition) is 3. The lowest BCUT2D eigenvalue weighted by Crippen LogP contribution is -2.44. The van der Waals surface area contributed by atoms with Crippen molar-refractivity contribution in [2.75, 3.05) is 11.9 Å². The number of nitrogens with zero attached hydrogens (tertiary/aromatic N) is 1. The van der Waals surface area contributed by atoms with E-state index in [0.717, 1.165) is 30.9 Å². The summed E-state index contributed by atoms with van der Waals surface area (Å²) in [5.74, 6) is 0.137. The van der Waals surface area contributed by atoms with Gasteiger partial charge in [-0.25, -0.2) is 0 Å². The normalized spacial score (nSPS) is 17.9. The summed E-state index contributed by atoms with van der Waals surface area (Å²) in [6.45, 7) is 6.31. The summed E-state index contributed by atoms with van der Waals surface area (Å²) in [6.07, 6.45) is 1.57. The summed E-state index contributed by atoms with van der Waals surface area (Å²) in [6, 6.07) is 28.9. The van der Waals surface area contributed by atoms with Crippen molar-refractivity contribution in [3.63, 3.8) is 0 Å². The van der Waals surface area contributed by atoms with Crippen molar-refractivity contribution >= 4 is 17.4 Å². The van der Waals surface area contributed by atoms with Crippen LogP contribution in [0.2, 0.25) is 0 Å². The summed E-state index contributed by atoms with van der Waals surface area (Å²) in [4.78, 5) is 28.4. The van der Waals surface area contributed by atoms with Gasteiger partial charge < -0.3 is 5.32 Å². The Labute approximate surface area is 203 Å². The van der Waals surface area contributed by atoms with E-state index in [1.807, 2.05) is 37.3 Å². The third-order valence-corrected chi connectivity index (χ3v) is 7.15. The highest BCUT2D eigenvalue weighted by Gasteiger charge is 2.50. The molecule has 0 spiro atoms. The number of amides is 1. The van der Waals surface area contributed by atoms with Crippen LogP contribution in [0.5, 0.6) is 0 Å². The molecule has 34 heavy (non-hydrogen) atoms. The van der Waals surface area contributed by atoms with E-state index in [1.165, 1.54) is 11.1 Å². The van der Waals surface area contributed by atoms with Crippen molar-refractivity contribution in [1.82, 2.24) is 4.90 Å². The number of fused-ring (bicyclic) bond motifs is 1. The van der Waals surface area contributed by atoms with E-state index < -0.39 is 5.41 Å². The second-order valence-electron chi connectivity index (χ2n) is 9.40. The van der Waals surface area contributed by atoms with Gasteiger partial charge in [-0.2, -0.15) is 0 Å². The number of carbonyl (C=O) groups excluding carboxylic acids is 2. The smallest absolute Gasteiger partial charge is 0.235 e. The van der Waals surface area contributed by atoms with Crippen LogP contribution in [0.15, 0.2) is 84.9 Å². The van der Waals surface area contributed by atoms with Crippen LogP contribution in [0.4, 0.5) is 5.69 Å². The lowest BCUT2D eigenvalue weighted by Gasteiger charge is -2.36. The zero-order valence-corrected chi connectivity index (χ0v) is 20.2. The lowest BCUT2D eigenvalue weighted by molar-refractivity contribution is -0.125. The first-order valence-corrected chi connectivity index (χ1v) is 12.3. The fraction of sp³-hybridized carbons (Fsp3) is 0.333. The van der Waals surface area contributed by atoms with Crippen molar-refractivity contribution in [2.24, 2.45) is 5.92 Å². The van der Waals surface area contributed by atoms with E-state index in [2.05, 4.69) is 71.7 Å². The molecule has 0 saturated carbocycles. The van der Waals surface area contributed by atoms with Gasteiger partial charge in [0.05, 0.1) is 5.41 Å². The molecule has 1 amide bonds. The van der Waals surface area contributed by atoms with Crippen LogP contribution in [-0.4, -0.2) is 23.1 Å². The van der Waals surface area contributed by atoms with Crippen molar-refractivity contribution in [1.29, 1.82) is 0 Å². The molecule has 0 aromatic heterocycles. The first kappa shape index (κ1) is 23.9. The molecule has 4 heteroatoms. The molecule has 1 heterocycles. The predicted molar refractivity (Wildman–Crippen MR) is 137 cm³/mol. The van der Waals surface area contributed by atoms with E-state index in [1.54, 1.807) is 0 Å². The number of Topliss-reactive ketones (excluding diaryl/α,β-unsaturated/α-hetero) is 1. The standard InChI is InChI=1S/C30H34N2O2/c1-3-26(33)20-23(2)30(27-16-10-11-17-28(27)31-29(30)34)18-19-32(21-24-12-6-4-7-13-24)22-25-14-8-5-9-15-25/h4-17,23H,3,18-22H2,1-2H3,(H,31,34)/t23?,30-/m1/s1. The fourth-order valence-corrected chi connectivity index (χ4v) is 5.21. The zero-order chi connectivity index (χ0) is 24.0. The molecule has 0 radical (unpaired) electrons. The second-order valence-corrected chi connectivity index (χ2v) is 9.40. The Morgan fingerprint density at radius 3 is 2.03 bits per heavy atom. The maximum absolute atomic E-state index is 13.6. The number of rotatable bonds is 11. The van der Waals surface area contributed by atoms with Gasteiger partial charge in [0.2, 0.25) is 5.91 Å². The maximum atomic E-state index is 13.6. The van der Waals surface area contributed by atoms with E-state index in [4.69, 9.17) is 0 Å². The van der Waals surface area contributed by atoms with Crippen LogP contribution in [0, 0.1) is 5.92 Å². The van der Waals surface area contributed by atoms with Gasteiger partial charge in [0.15, 0.2) is 0 Å². The third kappa shape index (κ3) is 5.13. The topological polar surface area (TPSA) is 49.4 Å². The lowest BCUT2D eigenvalue weighted by atomic mass is 9.67. The summed E-state index contributed by atoms with van der Waals surface area (Å²) in [7, 11) is 0. The molecule has 0 aliphatic carbocycles. The molecule has 3 aromatic rings. The molecule has 0 saturated heterocycles. The van der Waals surface area contributed by atoms with Crippen molar-refractivity contribution in [3.05, 3.63) is 102 Å². The quantitative estimate of drug-likeness (QED) is 0.388. The van der Waals surface area contributed by atoms with Crippen molar-refractivity contribution in [3.8, 4) is 0 Å². The van der Waals surface area contributed by atoms with Gasteiger partial charge in [0.1, 0.15) is 5.78 Å². The van der Waals surface area contributed by atoms with Crippen LogP contribution >= 0.6 is 0 Å². The number of para-hydroxylation sites is 1. The first-order chi connectivity index (χ1) is 16.5. The Morgan fingerprint density at radius 1 is 0.882 bits per heavy atom. The molecule has 176 valence electrons. The van der Waals surface area contributed by atoms with Crippen LogP contribution in [0.1, 0.15) is 49.8 Å². The minimum Gasteiger partial charge on any atom is -0.325 e. The summed E-state index contributed by atoms with van der Waals surface area (Å²) in [5, 5.41) is 3.11. The van der Waals surface area contributed by atoms with Crippen LogP contribution in [0.3, 0.4) is 0 Å². The Kier molecular flexibility index (Phi) is 7.59. The molecular formula is C30H34N2O2. The van der Waals surface area contributed by atoms with Gasteiger partial charge in [-0.05, 0) is 35.1 Å². The SMILES string of the molecule is CCC(=O)CC(C)[C@@]1(CCN(Cc2ccccc2)Cc2ccccc2)C(=O)Nc2ccccc21. The monoisotopic (exact) mass is 454 g/mol. The molecule has 3 aromatic carbocycles. The molecule has 2 atom stereocenters. The van der Waals surface area contributed by atoms with Gasteiger partial charge in [-0.3, -0.25) is 14.5 Å². The van der Waals surface area contributed by atoms with Gasteiger partial charge in [-0.1, -0.05) is 92.7 Å². The minimum absolute atomic E-state index is 0.0180. The van der Waals surface area contributed by atoms with E-state index in [0.29, 0.717) is 19.3 Å². The highest BCUT2D eigenvalue weighted by atomic mass is 16.2. The molecule has 0 bridgehead atoms. The Balaban J connectivity index is 1.63. The van der Waals surface area contributed by atoms with Gasteiger partial charge in [0.25, 0.3) is 0 Å². The van der Waals surface area contributed by atoms with Crippen molar-refractivity contribution < 1.29 is 9.59 Å². The van der Waals surface area contributed by atoms with Gasteiger partial charge in [0, 0.05) is 38.2 Å². The van der Waals surface area contributed by atoms with E-state index in [-0.39, 0.29) is 17.6 Å². The summed E-state index contributed by atoms with van der Waals surface area (Å²) in [5.41, 5.74) is 3.68. The van der Waals surface area contributed by atoms with Gasteiger partial charge >= 0.3 is 0 Å². The van der Waals surface area contributed by atoms with E-state index >= 15 is 0 Å². The highest BCUT2D eigenvalue weighted by molar-refractivity contribution is 6.06. The molecule has 1 aliphatic rings. The molecule has 1 unspecified atom stereocenters. The number of benzene rings is 3. The number of hydrogen-bond donors (Lipinski definition) is 1. The minimum atomic E-state index is -0.715. The second kappa shape index (κ2) is 10.8. The highest BCUT2D eigenvalue weighted by Crippen LogP contribution is 2.47. The Morgan fingerprint density at radius 2 is 1.44 bits per heavy atom. The Bertz CT molecular complexity index is 1070. The molecule has 4 nitrogen and oxygen atoms in total. The number of carbonyl (C=O) groups is 2. The molecular weight excluding hydrogens is 420 g/mol. The van der Waals surface area contributed by atoms with Gasteiger partial charge in [-0.15, -0.1) is 0 Å². The average molecular weight is 455 g/mol. The average Bonchev–Trinajstić information content (AvgIpc) is 3.15. The van der Waals surface area contributed by atoms with Crippen LogP contribution in [0.25, 0.3) is 0 Å². The largest absolute Gasteiger partial charge is 0.325 e. The maximum Gasteiger partial charge on any atom is 0.235 e. The molecule has 1 N–H and O–H groups in total. The first-order valence-electron chi connectivity index (χ1n) is 12.3. The Hall–Kier alpha value is -3.24. The number of anilines is 1. The van der Waals surface area contributed by atoms with Crippen LogP contribution < -0.4 is 5.32 Å². The summed E-state index contributed by atoms with van der Waals surface area (Å²) < 4.78 is 0. The molecule has 1 aliphatic heterocycles. The third-order valence-electron chi connectivity index (χ3n) is 7.15. The number of nitrogens with one attached hydrogen (secondary N) is 1. The van der Waals surface area contributed by atoms with E-state index in [9.17, 15) is 9.59 Å². The molecule has 0 fully saturated rings. The van der Waals surface area contributed by atoms with Crippen LogP contribution in [-0.2, 0) is 28.1 Å². The predicted octanol–water partition coefficient (Wildman–Crippen LogP) is 5.97. The molecule has 4 rings (SSSR count). The fourth-order valence-electron chi connectivity index (χ4n) is 5.21. The number of ketones is 1. The summed E-state index contributed by atoms with van der Waals surface area (Å²) >= 11 is 0.